The van der Waals surface area contributed by atoms with Crippen LogP contribution in [-0.4, -0.2) is 62.4 Å². The molecule has 2 atom stereocenters. The van der Waals surface area contributed by atoms with Gasteiger partial charge in [0.05, 0.1) is 52.4 Å². The maximum absolute atomic E-state index is 9.43. The summed E-state index contributed by atoms with van der Waals surface area (Å²) in [6.07, 6.45) is 0.0535. The summed E-state index contributed by atoms with van der Waals surface area (Å²) in [4.78, 5) is 0. The number of methoxy groups -OCH3 is 1. The van der Waals surface area contributed by atoms with Crippen molar-refractivity contribution in [2.45, 2.75) is 113 Å². The van der Waals surface area contributed by atoms with Crippen LogP contribution < -0.4 is 4.74 Å². The fourth-order valence-corrected chi connectivity index (χ4v) is 5.61. The Bertz CT molecular complexity index is 909. The van der Waals surface area contributed by atoms with Gasteiger partial charge in [0.15, 0.2) is 11.6 Å². The fourth-order valence-electron chi connectivity index (χ4n) is 5.61. The second-order valence-electron chi connectivity index (χ2n) is 14.8. The number of aliphatic hydroxyl groups is 1. The molecule has 0 aliphatic carbocycles. The highest BCUT2D eigenvalue weighted by molar-refractivity contribution is 5.27. The van der Waals surface area contributed by atoms with Gasteiger partial charge in [0.25, 0.3) is 0 Å². The minimum atomic E-state index is -0.551. The van der Waals surface area contributed by atoms with Crippen LogP contribution in [0.2, 0.25) is 0 Å². The first-order valence-corrected chi connectivity index (χ1v) is 14.1. The zero-order valence-electron chi connectivity index (χ0n) is 26.9. The topological polar surface area (TPSA) is 75.6 Å². The number of ether oxygens (including phenoxy) is 6. The Morgan fingerprint density at radius 1 is 0.821 bits per heavy atom. The lowest BCUT2D eigenvalue weighted by Gasteiger charge is -2.51. The van der Waals surface area contributed by atoms with Crippen molar-refractivity contribution in [1.82, 2.24) is 0 Å². The van der Waals surface area contributed by atoms with Crippen LogP contribution in [0.4, 0.5) is 0 Å². The molecule has 7 nitrogen and oxygen atoms in total. The van der Waals surface area contributed by atoms with E-state index in [1.54, 1.807) is 7.11 Å². The summed E-state index contributed by atoms with van der Waals surface area (Å²) >= 11 is 0. The van der Waals surface area contributed by atoms with E-state index in [0.29, 0.717) is 26.4 Å². The molecule has 2 aliphatic rings. The summed E-state index contributed by atoms with van der Waals surface area (Å²) in [5.41, 5.74) is 0.617. The number of benzene rings is 1. The Kier molecular flexibility index (Phi) is 10.7. The van der Waals surface area contributed by atoms with E-state index < -0.39 is 11.6 Å². The van der Waals surface area contributed by atoms with E-state index in [2.05, 4.69) is 41.5 Å². The molecule has 0 radical (unpaired) electrons. The van der Waals surface area contributed by atoms with Gasteiger partial charge >= 0.3 is 0 Å². The standard InChI is InChI=1S/C20H32O4.C12H24O3/c1-18(2,17-19(3,4)14-23-20(5,6)24-17)13-22-12-15-9-8-10-16(11-15)21-7;1-10(2,7-13)9-11(3,4)8-14-12(5,6)15-9/h8-11,17H,12-14H2,1-7H3;9,13H,7-8H2,1-6H3. The zero-order valence-corrected chi connectivity index (χ0v) is 26.9. The molecule has 2 saturated heterocycles. The van der Waals surface area contributed by atoms with Gasteiger partial charge < -0.3 is 33.5 Å². The maximum atomic E-state index is 9.43. The molecule has 39 heavy (non-hydrogen) atoms. The molecule has 2 aliphatic heterocycles. The minimum absolute atomic E-state index is 0.00116. The molecule has 0 amide bonds. The highest BCUT2D eigenvalue weighted by Crippen LogP contribution is 2.44. The molecule has 0 saturated carbocycles. The van der Waals surface area contributed by atoms with E-state index in [0.717, 1.165) is 11.3 Å². The number of aliphatic hydroxyl groups excluding tert-OH is 1. The molecule has 7 heteroatoms. The molecule has 226 valence electrons. The van der Waals surface area contributed by atoms with Gasteiger partial charge in [0, 0.05) is 21.7 Å². The van der Waals surface area contributed by atoms with E-state index in [4.69, 9.17) is 28.4 Å². The lowest BCUT2D eigenvalue weighted by atomic mass is 9.71. The first kappa shape index (κ1) is 34.0. The molecule has 1 N–H and O–H groups in total. The minimum Gasteiger partial charge on any atom is -0.497 e. The summed E-state index contributed by atoms with van der Waals surface area (Å²) in [5, 5.41) is 9.43. The van der Waals surface area contributed by atoms with Crippen LogP contribution in [-0.2, 0) is 30.3 Å². The van der Waals surface area contributed by atoms with Gasteiger partial charge in [-0.2, -0.15) is 0 Å². The van der Waals surface area contributed by atoms with Gasteiger partial charge in [0.1, 0.15) is 5.75 Å². The fraction of sp³-hybridized carbons (Fsp3) is 0.812. The monoisotopic (exact) mass is 552 g/mol. The van der Waals surface area contributed by atoms with Crippen LogP contribution in [0.3, 0.4) is 0 Å². The highest BCUT2D eigenvalue weighted by Gasteiger charge is 2.50. The molecule has 1 aromatic carbocycles. The third-order valence-corrected chi connectivity index (χ3v) is 7.51. The summed E-state index contributed by atoms with van der Waals surface area (Å²) in [5.74, 6) is -0.248. The Hall–Kier alpha value is -1.22. The van der Waals surface area contributed by atoms with Crippen LogP contribution in [0.1, 0.15) is 88.6 Å². The summed E-state index contributed by atoms with van der Waals surface area (Å²) in [6.45, 7) is 27.5. The summed E-state index contributed by atoms with van der Waals surface area (Å²) in [6, 6.07) is 7.97. The van der Waals surface area contributed by atoms with Gasteiger partial charge in [-0.1, -0.05) is 67.5 Å². The van der Waals surface area contributed by atoms with Crippen LogP contribution in [0, 0.1) is 21.7 Å². The van der Waals surface area contributed by atoms with E-state index in [1.165, 1.54) is 0 Å². The second kappa shape index (κ2) is 12.3. The van der Waals surface area contributed by atoms with Crippen LogP contribution in [0.5, 0.6) is 5.75 Å². The predicted octanol–water partition coefficient (Wildman–Crippen LogP) is 6.60. The van der Waals surface area contributed by atoms with Crippen molar-refractivity contribution < 1.29 is 33.5 Å². The Labute approximate surface area is 237 Å². The second-order valence-corrected chi connectivity index (χ2v) is 14.8. The van der Waals surface area contributed by atoms with Crippen LogP contribution >= 0.6 is 0 Å². The normalized spacial score (nSPS) is 25.8. The molecule has 0 bridgehead atoms. The Balaban J connectivity index is 0.000000306. The number of hydrogen-bond acceptors (Lipinski definition) is 7. The summed E-state index contributed by atoms with van der Waals surface area (Å²) < 4.78 is 35.0. The SMILES string of the molecule is CC1(C)OCC(C)(C)C(C(C)(C)CO)O1.COc1cccc(COCC(C)(C)C2OC(C)(C)OCC2(C)C)c1. The van der Waals surface area contributed by atoms with E-state index in [9.17, 15) is 5.11 Å². The lowest BCUT2D eigenvalue weighted by molar-refractivity contribution is -0.334. The zero-order chi connectivity index (χ0) is 29.9. The van der Waals surface area contributed by atoms with Crippen molar-refractivity contribution in [3.63, 3.8) is 0 Å². The van der Waals surface area contributed by atoms with Crippen molar-refractivity contribution in [2.75, 3.05) is 33.5 Å². The molecular weight excluding hydrogens is 496 g/mol. The Morgan fingerprint density at radius 3 is 1.77 bits per heavy atom. The average molecular weight is 553 g/mol. The van der Waals surface area contributed by atoms with Crippen LogP contribution in [0.25, 0.3) is 0 Å². The first-order chi connectivity index (χ1) is 17.7. The van der Waals surface area contributed by atoms with Gasteiger partial charge in [-0.05, 0) is 45.4 Å². The summed E-state index contributed by atoms with van der Waals surface area (Å²) in [7, 11) is 1.68. The van der Waals surface area contributed by atoms with Gasteiger partial charge in [-0.3, -0.25) is 0 Å². The third-order valence-electron chi connectivity index (χ3n) is 7.51. The first-order valence-electron chi connectivity index (χ1n) is 14.1. The van der Waals surface area contributed by atoms with Gasteiger partial charge in [-0.15, -0.1) is 0 Å². The van der Waals surface area contributed by atoms with Crippen molar-refractivity contribution in [3.8, 4) is 5.75 Å². The predicted molar refractivity (Wildman–Crippen MR) is 155 cm³/mol. The van der Waals surface area contributed by atoms with Gasteiger partial charge in [0.2, 0.25) is 0 Å². The van der Waals surface area contributed by atoms with Crippen molar-refractivity contribution in [1.29, 1.82) is 0 Å². The third kappa shape index (κ3) is 9.40. The lowest BCUT2D eigenvalue weighted by Crippen LogP contribution is -2.57. The molecular formula is C32H56O7. The van der Waals surface area contributed by atoms with E-state index in [-0.39, 0.29) is 40.5 Å². The molecule has 1 aromatic rings. The largest absolute Gasteiger partial charge is 0.497 e. The Morgan fingerprint density at radius 2 is 1.31 bits per heavy atom. The van der Waals surface area contributed by atoms with Gasteiger partial charge in [-0.25, -0.2) is 0 Å². The smallest absolute Gasteiger partial charge is 0.163 e. The van der Waals surface area contributed by atoms with Crippen LogP contribution in [0.15, 0.2) is 24.3 Å². The quantitative estimate of drug-likeness (QED) is 0.389. The molecule has 3 rings (SSSR count). The van der Waals surface area contributed by atoms with E-state index >= 15 is 0 Å². The molecule has 2 unspecified atom stereocenters. The average Bonchev–Trinajstić information content (AvgIpc) is 2.83. The maximum Gasteiger partial charge on any atom is 0.163 e. The van der Waals surface area contributed by atoms with Crippen molar-refractivity contribution in [2.24, 2.45) is 21.7 Å². The number of rotatable bonds is 8. The highest BCUT2D eigenvalue weighted by atomic mass is 16.7. The van der Waals surface area contributed by atoms with Crippen molar-refractivity contribution >= 4 is 0 Å². The molecule has 0 spiro atoms. The van der Waals surface area contributed by atoms with E-state index in [1.807, 2.05) is 65.8 Å². The van der Waals surface area contributed by atoms with Crippen molar-refractivity contribution in [3.05, 3.63) is 29.8 Å². The molecule has 2 fully saturated rings. The molecule has 0 aromatic heterocycles. The number of hydrogen-bond donors (Lipinski definition) is 1. The molecule has 2 heterocycles.